The molecule has 0 amide bonds. The van der Waals surface area contributed by atoms with Gasteiger partial charge in [-0.25, -0.2) is 0 Å². The molecule has 0 radical (unpaired) electrons. The summed E-state index contributed by atoms with van der Waals surface area (Å²) in [6, 6.07) is 8.18. The van der Waals surface area contributed by atoms with Crippen LogP contribution in [0.5, 0.6) is 5.75 Å². The minimum absolute atomic E-state index is 0.586. The molecule has 2 nitrogen and oxygen atoms in total. The molecule has 0 aromatic heterocycles. The normalized spacial score (nSPS) is 12.2. The predicted octanol–water partition coefficient (Wildman–Crippen LogP) is 3.55. The van der Waals surface area contributed by atoms with E-state index in [1.54, 1.807) is 0 Å². The highest BCUT2D eigenvalue weighted by molar-refractivity contribution is 9.09. The summed E-state index contributed by atoms with van der Waals surface area (Å²) >= 11 is 3.50. The van der Waals surface area contributed by atoms with Crippen LogP contribution >= 0.6 is 15.9 Å². The van der Waals surface area contributed by atoms with Crippen molar-refractivity contribution >= 4 is 21.6 Å². The summed E-state index contributed by atoms with van der Waals surface area (Å²) in [5, 5.41) is 0.997. The van der Waals surface area contributed by atoms with Crippen molar-refractivity contribution in [3.8, 4) is 5.75 Å². The Hall–Kier alpha value is -0.700. The zero-order valence-corrected chi connectivity index (χ0v) is 11.8. The molecular weight excluding hydrogens is 266 g/mol. The molecule has 1 aromatic carbocycles. The Bertz CT molecular complexity index is 311. The minimum atomic E-state index is 0.586. The Morgan fingerprint density at radius 2 is 2.12 bits per heavy atom. The molecule has 1 atom stereocenters. The summed E-state index contributed by atoms with van der Waals surface area (Å²) in [7, 11) is 4.07. The lowest BCUT2D eigenvalue weighted by atomic mass is 10.1. The van der Waals surface area contributed by atoms with Gasteiger partial charge in [0.1, 0.15) is 5.75 Å². The van der Waals surface area contributed by atoms with Crippen LogP contribution in [-0.2, 0) is 0 Å². The van der Waals surface area contributed by atoms with E-state index in [0.29, 0.717) is 5.92 Å². The van der Waals surface area contributed by atoms with Gasteiger partial charge < -0.3 is 9.64 Å². The first-order valence-electron chi connectivity index (χ1n) is 5.63. The van der Waals surface area contributed by atoms with Crippen molar-refractivity contribution in [1.82, 2.24) is 0 Å². The van der Waals surface area contributed by atoms with Gasteiger partial charge in [-0.2, -0.15) is 0 Å². The topological polar surface area (TPSA) is 12.5 Å². The molecule has 0 fully saturated rings. The van der Waals surface area contributed by atoms with Crippen molar-refractivity contribution in [3.63, 3.8) is 0 Å². The van der Waals surface area contributed by atoms with Gasteiger partial charge in [0.15, 0.2) is 0 Å². The lowest BCUT2D eigenvalue weighted by molar-refractivity contribution is 0.260. The summed E-state index contributed by atoms with van der Waals surface area (Å²) in [6.45, 7) is 2.96. The number of hydrogen-bond acceptors (Lipinski definition) is 2. The molecule has 0 N–H and O–H groups in total. The minimum Gasteiger partial charge on any atom is -0.493 e. The smallest absolute Gasteiger partial charge is 0.121 e. The van der Waals surface area contributed by atoms with Gasteiger partial charge in [0.2, 0.25) is 0 Å². The van der Waals surface area contributed by atoms with Crippen LogP contribution in [0.15, 0.2) is 24.3 Å². The maximum atomic E-state index is 5.78. The van der Waals surface area contributed by atoms with Crippen LogP contribution in [-0.4, -0.2) is 26.0 Å². The third-order valence-corrected chi connectivity index (χ3v) is 3.53. The van der Waals surface area contributed by atoms with Crippen LogP contribution in [0.3, 0.4) is 0 Å². The summed E-state index contributed by atoms with van der Waals surface area (Å²) in [6.07, 6.45) is 1.14. The van der Waals surface area contributed by atoms with Crippen molar-refractivity contribution in [1.29, 1.82) is 0 Å². The van der Waals surface area contributed by atoms with Gasteiger partial charge in [0.25, 0.3) is 0 Å². The first-order valence-corrected chi connectivity index (χ1v) is 6.75. The van der Waals surface area contributed by atoms with Crippen LogP contribution in [0.25, 0.3) is 0 Å². The highest BCUT2D eigenvalue weighted by Gasteiger charge is 2.05. The van der Waals surface area contributed by atoms with Crippen LogP contribution in [0.1, 0.15) is 13.3 Å². The van der Waals surface area contributed by atoms with Crippen molar-refractivity contribution in [2.75, 3.05) is 30.9 Å². The molecule has 0 aliphatic carbocycles. The number of benzene rings is 1. The number of halogens is 1. The molecule has 3 heteroatoms. The van der Waals surface area contributed by atoms with Crippen molar-refractivity contribution in [2.24, 2.45) is 5.92 Å². The van der Waals surface area contributed by atoms with E-state index >= 15 is 0 Å². The number of alkyl halides is 1. The number of hydrogen-bond donors (Lipinski definition) is 0. The van der Waals surface area contributed by atoms with Crippen molar-refractivity contribution < 1.29 is 4.74 Å². The van der Waals surface area contributed by atoms with Crippen LogP contribution in [0, 0.1) is 5.92 Å². The molecule has 0 bridgehead atoms. The molecule has 16 heavy (non-hydrogen) atoms. The highest BCUT2D eigenvalue weighted by atomic mass is 79.9. The molecule has 0 aliphatic heterocycles. The number of anilines is 1. The van der Waals surface area contributed by atoms with Gasteiger partial charge in [-0.05, 0) is 18.6 Å². The molecule has 1 unspecified atom stereocenters. The molecule has 0 saturated carbocycles. The number of ether oxygens (including phenoxy) is 1. The maximum absolute atomic E-state index is 5.78. The first kappa shape index (κ1) is 13.4. The lowest BCUT2D eigenvalue weighted by Gasteiger charge is -2.16. The van der Waals surface area contributed by atoms with E-state index in [1.165, 1.54) is 5.69 Å². The van der Waals surface area contributed by atoms with Gasteiger partial charge >= 0.3 is 0 Å². The standard InChI is InChI=1S/C13H20BrNO/c1-4-11(9-14)10-16-13-7-5-6-12(8-13)15(2)3/h5-8,11H,4,9-10H2,1-3H3. The molecule has 90 valence electrons. The van der Waals surface area contributed by atoms with Crippen molar-refractivity contribution in [2.45, 2.75) is 13.3 Å². The quantitative estimate of drug-likeness (QED) is 0.741. The summed E-state index contributed by atoms with van der Waals surface area (Å²) in [5.74, 6) is 1.54. The molecule has 0 heterocycles. The Morgan fingerprint density at radius 1 is 1.38 bits per heavy atom. The molecule has 0 aliphatic rings. The zero-order valence-electron chi connectivity index (χ0n) is 10.2. The summed E-state index contributed by atoms with van der Waals surface area (Å²) in [4.78, 5) is 2.08. The average molecular weight is 286 g/mol. The molecule has 0 spiro atoms. The van der Waals surface area contributed by atoms with Gasteiger partial charge in [0, 0.05) is 37.1 Å². The molecule has 1 rings (SSSR count). The highest BCUT2D eigenvalue weighted by Crippen LogP contribution is 2.20. The van der Waals surface area contributed by atoms with Gasteiger partial charge in [-0.1, -0.05) is 28.9 Å². The van der Waals surface area contributed by atoms with Crippen LogP contribution in [0.2, 0.25) is 0 Å². The maximum Gasteiger partial charge on any atom is 0.121 e. The van der Waals surface area contributed by atoms with E-state index in [4.69, 9.17) is 4.74 Å². The summed E-state index contributed by atoms with van der Waals surface area (Å²) < 4.78 is 5.78. The third-order valence-electron chi connectivity index (χ3n) is 2.62. The Kier molecular flexibility index (Phi) is 5.67. The van der Waals surface area contributed by atoms with E-state index in [1.807, 2.05) is 26.2 Å². The first-order chi connectivity index (χ1) is 7.67. The van der Waals surface area contributed by atoms with Crippen molar-refractivity contribution in [3.05, 3.63) is 24.3 Å². The second-order valence-electron chi connectivity index (χ2n) is 4.13. The second kappa shape index (κ2) is 6.79. The van der Waals surface area contributed by atoms with E-state index in [9.17, 15) is 0 Å². The van der Waals surface area contributed by atoms with Crippen LogP contribution < -0.4 is 9.64 Å². The lowest BCUT2D eigenvalue weighted by Crippen LogP contribution is -2.13. The van der Waals surface area contributed by atoms with E-state index in [-0.39, 0.29) is 0 Å². The fourth-order valence-electron chi connectivity index (χ4n) is 1.34. The SMILES string of the molecule is CCC(CBr)COc1cccc(N(C)C)c1. The largest absolute Gasteiger partial charge is 0.493 e. The zero-order chi connectivity index (χ0) is 12.0. The predicted molar refractivity (Wildman–Crippen MR) is 73.8 cm³/mol. The fraction of sp³-hybridized carbons (Fsp3) is 0.538. The average Bonchev–Trinajstić information content (AvgIpc) is 2.31. The van der Waals surface area contributed by atoms with E-state index < -0.39 is 0 Å². The van der Waals surface area contributed by atoms with E-state index in [2.05, 4.69) is 39.9 Å². The fourth-order valence-corrected chi connectivity index (χ4v) is 1.98. The van der Waals surface area contributed by atoms with Gasteiger partial charge in [-0.3, -0.25) is 0 Å². The summed E-state index contributed by atoms with van der Waals surface area (Å²) in [5.41, 5.74) is 1.17. The van der Waals surface area contributed by atoms with E-state index in [0.717, 1.165) is 24.1 Å². The monoisotopic (exact) mass is 285 g/mol. The van der Waals surface area contributed by atoms with Gasteiger partial charge in [0.05, 0.1) is 6.61 Å². The van der Waals surface area contributed by atoms with Crippen LogP contribution in [0.4, 0.5) is 5.69 Å². The second-order valence-corrected chi connectivity index (χ2v) is 4.78. The Morgan fingerprint density at radius 3 is 2.69 bits per heavy atom. The number of nitrogens with zero attached hydrogens (tertiary/aromatic N) is 1. The Balaban J connectivity index is 2.56. The van der Waals surface area contributed by atoms with Gasteiger partial charge in [-0.15, -0.1) is 0 Å². The number of rotatable bonds is 6. The molecule has 1 aromatic rings. The Labute approximate surface area is 107 Å². The molecular formula is C13H20BrNO. The molecule has 0 saturated heterocycles. The third kappa shape index (κ3) is 4.05.